The Balaban J connectivity index is 1.64. The van der Waals surface area contributed by atoms with Crippen molar-refractivity contribution in [2.45, 2.75) is 6.18 Å². The molecular formula is C17H11F3NO3. The Morgan fingerprint density at radius 2 is 1.58 bits per heavy atom. The van der Waals surface area contributed by atoms with Crippen molar-refractivity contribution in [2.24, 2.45) is 0 Å². The molecule has 1 aliphatic rings. The molecule has 0 aromatic heterocycles. The molecule has 0 atom stereocenters. The summed E-state index contributed by atoms with van der Waals surface area (Å²) in [6, 6.07) is 10.9. The van der Waals surface area contributed by atoms with Crippen molar-refractivity contribution in [3.05, 3.63) is 77.2 Å². The second-order valence-corrected chi connectivity index (χ2v) is 5.07. The van der Waals surface area contributed by atoms with E-state index in [-0.39, 0.29) is 23.3 Å². The molecule has 0 spiro atoms. The summed E-state index contributed by atoms with van der Waals surface area (Å²) in [5, 5.41) is 0.620. The van der Waals surface area contributed by atoms with Gasteiger partial charge in [-0.15, -0.1) is 5.06 Å². The van der Waals surface area contributed by atoms with Gasteiger partial charge in [-0.2, -0.15) is 13.2 Å². The smallest absolute Gasteiger partial charge is 0.266 e. The lowest BCUT2D eigenvalue weighted by Gasteiger charge is -2.13. The number of nitrogens with zero attached hydrogens (tertiary/aromatic N) is 1. The van der Waals surface area contributed by atoms with E-state index in [1.54, 1.807) is 12.1 Å². The van der Waals surface area contributed by atoms with Gasteiger partial charge < -0.3 is 0 Å². The van der Waals surface area contributed by atoms with E-state index in [9.17, 15) is 22.8 Å². The molecular weight excluding hydrogens is 323 g/mol. The Morgan fingerprint density at radius 1 is 0.958 bits per heavy atom. The van der Waals surface area contributed by atoms with Crippen LogP contribution in [0.3, 0.4) is 0 Å². The molecule has 1 heterocycles. The summed E-state index contributed by atoms with van der Waals surface area (Å²) in [6.45, 7) is -0.215. The summed E-state index contributed by atoms with van der Waals surface area (Å²) in [4.78, 5) is 29.2. The van der Waals surface area contributed by atoms with E-state index in [1.807, 2.05) is 0 Å². The number of carbonyl (C=O) groups is 2. The van der Waals surface area contributed by atoms with Gasteiger partial charge in [0.05, 0.1) is 23.3 Å². The van der Waals surface area contributed by atoms with Gasteiger partial charge in [-0.1, -0.05) is 30.3 Å². The van der Waals surface area contributed by atoms with Crippen molar-refractivity contribution in [1.29, 1.82) is 0 Å². The van der Waals surface area contributed by atoms with Crippen molar-refractivity contribution >= 4 is 11.8 Å². The van der Waals surface area contributed by atoms with E-state index in [1.165, 1.54) is 30.7 Å². The van der Waals surface area contributed by atoms with E-state index >= 15 is 0 Å². The van der Waals surface area contributed by atoms with E-state index in [0.29, 0.717) is 5.06 Å². The van der Waals surface area contributed by atoms with Crippen LogP contribution in [0.4, 0.5) is 13.2 Å². The third-order valence-corrected chi connectivity index (χ3v) is 3.49. The molecule has 7 heteroatoms. The largest absolute Gasteiger partial charge is 0.416 e. The van der Waals surface area contributed by atoms with Crippen LogP contribution in [0.1, 0.15) is 31.8 Å². The first-order valence-electron chi connectivity index (χ1n) is 6.99. The first kappa shape index (κ1) is 16.2. The van der Waals surface area contributed by atoms with Crippen molar-refractivity contribution in [1.82, 2.24) is 5.06 Å². The highest BCUT2D eigenvalue weighted by atomic mass is 19.4. The monoisotopic (exact) mass is 334 g/mol. The lowest BCUT2D eigenvalue weighted by Crippen LogP contribution is -2.30. The Labute approximate surface area is 135 Å². The van der Waals surface area contributed by atoms with Gasteiger partial charge in [0.1, 0.15) is 0 Å². The minimum Gasteiger partial charge on any atom is -0.266 e. The van der Waals surface area contributed by atoms with Gasteiger partial charge >= 0.3 is 6.18 Å². The maximum Gasteiger partial charge on any atom is 0.416 e. The molecule has 0 fully saturated rings. The van der Waals surface area contributed by atoms with Crippen molar-refractivity contribution in [3.63, 3.8) is 0 Å². The molecule has 0 aliphatic carbocycles. The zero-order valence-corrected chi connectivity index (χ0v) is 12.2. The van der Waals surface area contributed by atoms with Crippen LogP contribution >= 0.6 is 0 Å². The molecule has 2 aromatic carbocycles. The number of fused-ring (bicyclic) bond motifs is 1. The van der Waals surface area contributed by atoms with Gasteiger partial charge in [0.25, 0.3) is 11.8 Å². The molecule has 0 saturated heterocycles. The van der Waals surface area contributed by atoms with E-state index in [2.05, 4.69) is 0 Å². The number of benzene rings is 2. The lowest BCUT2D eigenvalue weighted by atomic mass is 10.1. The van der Waals surface area contributed by atoms with Crippen molar-refractivity contribution in [3.8, 4) is 0 Å². The van der Waals surface area contributed by atoms with Gasteiger partial charge in [0, 0.05) is 6.42 Å². The molecule has 3 rings (SSSR count). The fourth-order valence-electron chi connectivity index (χ4n) is 2.33. The number of hydrogen-bond acceptors (Lipinski definition) is 3. The van der Waals surface area contributed by atoms with Crippen LogP contribution in [-0.2, 0) is 11.0 Å². The zero-order chi connectivity index (χ0) is 17.3. The predicted molar refractivity (Wildman–Crippen MR) is 77.7 cm³/mol. The fraction of sp³-hybridized carbons (Fsp3) is 0.118. The first-order chi connectivity index (χ1) is 11.4. The quantitative estimate of drug-likeness (QED) is 0.804. The number of rotatable bonds is 4. The SMILES string of the molecule is O=C1c2ccccc2C(=O)N1OC[CH]c1cccc(C(F)(F)F)c1. The summed E-state index contributed by atoms with van der Waals surface area (Å²) >= 11 is 0. The summed E-state index contributed by atoms with van der Waals surface area (Å²) in [5.41, 5.74) is -0.0263. The standard InChI is InChI=1S/C17H11F3NO3/c18-17(19,20)12-5-3-4-11(10-12)8-9-24-21-15(22)13-6-1-2-7-14(13)16(21)23/h1-8,10H,9H2. The molecule has 0 saturated carbocycles. The fourth-order valence-corrected chi connectivity index (χ4v) is 2.33. The van der Waals surface area contributed by atoms with E-state index in [0.717, 1.165) is 12.1 Å². The minimum atomic E-state index is -4.44. The van der Waals surface area contributed by atoms with Gasteiger partial charge in [-0.25, -0.2) is 0 Å². The second kappa shape index (κ2) is 6.09. The summed E-state index contributed by atoms with van der Waals surface area (Å²) in [6.07, 6.45) is -3.08. The number of hydrogen-bond donors (Lipinski definition) is 0. The molecule has 0 N–H and O–H groups in total. The third-order valence-electron chi connectivity index (χ3n) is 3.49. The Hall–Kier alpha value is -2.67. The Kier molecular flexibility index (Phi) is 4.11. The van der Waals surface area contributed by atoms with E-state index < -0.39 is 23.6 Å². The second-order valence-electron chi connectivity index (χ2n) is 5.07. The van der Waals surface area contributed by atoms with Crippen LogP contribution in [0, 0.1) is 6.42 Å². The summed E-state index contributed by atoms with van der Waals surface area (Å²) < 4.78 is 37.9. The van der Waals surface area contributed by atoms with Gasteiger partial charge in [-0.3, -0.25) is 14.4 Å². The zero-order valence-electron chi connectivity index (χ0n) is 12.2. The van der Waals surface area contributed by atoms with Crippen LogP contribution < -0.4 is 0 Å². The molecule has 1 radical (unpaired) electrons. The molecule has 2 aromatic rings. The van der Waals surface area contributed by atoms with Crippen molar-refractivity contribution in [2.75, 3.05) is 6.61 Å². The normalized spacial score (nSPS) is 14.2. The highest BCUT2D eigenvalue weighted by Crippen LogP contribution is 2.30. The number of carbonyl (C=O) groups excluding carboxylic acids is 2. The first-order valence-corrected chi connectivity index (χ1v) is 6.99. The minimum absolute atomic E-state index is 0.215. The van der Waals surface area contributed by atoms with Crippen molar-refractivity contribution < 1.29 is 27.6 Å². The number of hydroxylamine groups is 2. The highest BCUT2D eigenvalue weighted by Gasteiger charge is 2.36. The molecule has 2 amide bonds. The highest BCUT2D eigenvalue weighted by molar-refractivity contribution is 6.20. The van der Waals surface area contributed by atoms with Gasteiger partial charge in [0.15, 0.2) is 0 Å². The molecule has 4 nitrogen and oxygen atoms in total. The van der Waals surface area contributed by atoms with Gasteiger partial charge in [0.2, 0.25) is 0 Å². The van der Waals surface area contributed by atoms with Crippen LogP contribution in [0.2, 0.25) is 0 Å². The third kappa shape index (κ3) is 3.03. The van der Waals surface area contributed by atoms with Crippen LogP contribution in [0.5, 0.6) is 0 Å². The molecule has 0 unspecified atom stereocenters. The lowest BCUT2D eigenvalue weighted by molar-refractivity contribution is -0.137. The Bertz CT molecular complexity index is 767. The van der Waals surface area contributed by atoms with Crippen LogP contribution in [0.15, 0.2) is 48.5 Å². The molecule has 123 valence electrons. The topological polar surface area (TPSA) is 46.6 Å². The molecule has 0 bridgehead atoms. The predicted octanol–water partition coefficient (Wildman–Crippen LogP) is 3.49. The summed E-state index contributed by atoms with van der Waals surface area (Å²) in [7, 11) is 0. The van der Waals surface area contributed by atoms with Crippen LogP contribution in [0.25, 0.3) is 0 Å². The van der Waals surface area contributed by atoms with E-state index in [4.69, 9.17) is 4.84 Å². The van der Waals surface area contributed by atoms with Crippen LogP contribution in [-0.4, -0.2) is 23.5 Å². The van der Waals surface area contributed by atoms with Gasteiger partial charge in [-0.05, 0) is 23.8 Å². The average molecular weight is 334 g/mol. The molecule has 1 aliphatic heterocycles. The molecule has 24 heavy (non-hydrogen) atoms. The maximum atomic E-state index is 12.6. The Morgan fingerprint density at radius 3 is 2.17 bits per heavy atom. The summed E-state index contributed by atoms with van der Waals surface area (Å²) in [5.74, 6) is -1.18. The number of halogens is 3. The number of alkyl halides is 3. The number of imide groups is 1. The number of amides is 2. The average Bonchev–Trinajstić information content (AvgIpc) is 2.80. The maximum absolute atomic E-state index is 12.6.